The Bertz CT molecular complexity index is 1030. The molecule has 0 spiro atoms. The molecule has 2 heterocycles. The van der Waals surface area contributed by atoms with Gasteiger partial charge in [0, 0.05) is 24.0 Å². The van der Waals surface area contributed by atoms with Crippen LogP contribution in [0.4, 0.5) is 0 Å². The van der Waals surface area contributed by atoms with Crippen molar-refractivity contribution in [1.82, 2.24) is 15.5 Å². The van der Waals surface area contributed by atoms with Crippen LogP contribution in [0.25, 0.3) is 11.3 Å². The van der Waals surface area contributed by atoms with E-state index in [1.54, 1.807) is 18.5 Å². The number of hydrogen-bond acceptors (Lipinski definition) is 4. The zero-order chi connectivity index (χ0) is 19.2. The molecule has 0 aliphatic heterocycles. The van der Waals surface area contributed by atoms with E-state index >= 15 is 0 Å². The molecule has 0 radical (unpaired) electrons. The summed E-state index contributed by atoms with van der Waals surface area (Å²) in [4.78, 5) is 16.8. The van der Waals surface area contributed by atoms with Gasteiger partial charge in [-0.25, -0.2) is 0 Å². The van der Waals surface area contributed by atoms with E-state index in [0.717, 1.165) is 16.7 Å². The first kappa shape index (κ1) is 17.7. The summed E-state index contributed by atoms with van der Waals surface area (Å²) in [5.41, 5.74) is 3.26. The molecule has 5 heteroatoms. The molecule has 28 heavy (non-hydrogen) atoms. The number of amides is 1. The number of pyridine rings is 1. The Balaban J connectivity index is 1.55. The van der Waals surface area contributed by atoms with Crippen molar-refractivity contribution in [2.75, 3.05) is 0 Å². The lowest BCUT2D eigenvalue weighted by Gasteiger charge is -2.19. The molecule has 1 amide bonds. The Labute approximate surface area is 163 Å². The average molecular weight is 369 g/mol. The summed E-state index contributed by atoms with van der Waals surface area (Å²) in [5.74, 6) is 0.265. The summed E-state index contributed by atoms with van der Waals surface area (Å²) in [6.45, 7) is 0. The van der Waals surface area contributed by atoms with Crippen molar-refractivity contribution < 1.29 is 9.32 Å². The number of carbonyl (C=O) groups excluding carboxylic acids is 1. The van der Waals surface area contributed by atoms with Crippen molar-refractivity contribution in [3.8, 4) is 11.3 Å². The maximum atomic E-state index is 12.8. The molecule has 0 bridgehead atoms. The van der Waals surface area contributed by atoms with E-state index in [2.05, 4.69) is 27.6 Å². The highest BCUT2D eigenvalue weighted by Crippen LogP contribution is 2.21. The predicted molar refractivity (Wildman–Crippen MR) is 107 cm³/mol. The first-order valence-corrected chi connectivity index (χ1v) is 9.06. The molecule has 1 atom stereocenters. The molecule has 0 aliphatic rings. The standard InChI is InChI=1S/C23H19N3O2/c27-23(21-16-22(28-26-21)19-11-13-24-14-12-19)25-20(18-9-5-2-6-10-18)15-17-7-3-1-4-8-17/h1-14,16,20H,15H2,(H,25,27). The van der Waals surface area contributed by atoms with Gasteiger partial charge in [0.15, 0.2) is 11.5 Å². The van der Waals surface area contributed by atoms with Gasteiger partial charge in [0.05, 0.1) is 6.04 Å². The molecule has 0 fully saturated rings. The summed E-state index contributed by atoms with van der Waals surface area (Å²) in [6.07, 6.45) is 4.03. The van der Waals surface area contributed by atoms with Crippen molar-refractivity contribution in [2.45, 2.75) is 12.5 Å². The lowest BCUT2D eigenvalue weighted by molar-refractivity contribution is 0.0927. The number of nitrogens with zero attached hydrogens (tertiary/aromatic N) is 2. The van der Waals surface area contributed by atoms with Crippen LogP contribution in [0.15, 0.2) is 95.8 Å². The average Bonchev–Trinajstić information content (AvgIpc) is 3.26. The topological polar surface area (TPSA) is 68.0 Å². The van der Waals surface area contributed by atoms with Crippen LogP contribution in [0.1, 0.15) is 27.7 Å². The second-order valence-corrected chi connectivity index (χ2v) is 6.44. The van der Waals surface area contributed by atoms with Crippen LogP contribution in [-0.4, -0.2) is 16.0 Å². The Kier molecular flexibility index (Phi) is 5.24. The van der Waals surface area contributed by atoms with Crippen LogP contribution in [0.5, 0.6) is 0 Å². The van der Waals surface area contributed by atoms with Gasteiger partial charge in [-0.15, -0.1) is 0 Å². The van der Waals surface area contributed by atoms with Crippen molar-refractivity contribution in [3.05, 3.63) is 108 Å². The maximum absolute atomic E-state index is 12.8. The SMILES string of the molecule is O=C(NC(Cc1ccccc1)c1ccccc1)c1cc(-c2ccncc2)on1. The highest BCUT2D eigenvalue weighted by atomic mass is 16.5. The zero-order valence-corrected chi connectivity index (χ0v) is 15.2. The number of benzene rings is 2. The minimum Gasteiger partial charge on any atom is -0.355 e. The molecule has 5 nitrogen and oxygen atoms in total. The molecule has 4 aromatic rings. The summed E-state index contributed by atoms with van der Waals surface area (Å²) < 4.78 is 5.34. The van der Waals surface area contributed by atoms with Crippen molar-refractivity contribution >= 4 is 5.91 Å². The van der Waals surface area contributed by atoms with E-state index in [9.17, 15) is 4.79 Å². The van der Waals surface area contributed by atoms with E-state index < -0.39 is 0 Å². The molecule has 0 saturated heterocycles. The molecule has 1 unspecified atom stereocenters. The number of hydrogen-bond donors (Lipinski definition) is 1. The maximum Gasteiger partial charge on any atom is 0.273 e. The summed E-state index contributed by atoms with van der Waals surface area (Å²) in [5, 5.41) is 7.03. The predicted octanol–water partition coefficient (Wildman–Crippen LogP) is 4.45. The lowest BCUT2D eigenvalue weighted by Crippen LogP contribution is -2.30. The first-order valence-electron chi connectivity index (χ1n) is 9.06. The fourth-order valence-electron chi connectivity index (χ4n) is 3.05. The minimum absolute atomic E-state index is 0.169. The van der Waals surface area contributed by atoms with Crippen LogP contribution in [0.3, 0.4) is 0 Å². The highest BCUT2D eigenvalue weighted by molar-refractivity contribution is 5.93. The Morgan fingerprint density at radius 1 is 0.929 bits per heavy atom. The van der Waals surface area contributed by atoms with Gasteiger partial charge < -0.3 is 9.84 Å². The third-order valence-corrected chi connectivity index (χ3v) is 4.50. The fraction of sp³-hybridized carbons (Fsp3) is 0.0870. The van der Waals surface area contributed by atoms with Gasteiger partial charge in [-0.3, -0.25) is 9.78 Å². The molecule has 0 saturated carbocycles. The Morgan fingerprint density at radius 3 is 2.32 bits per heavy atom. The van der Waals surface area contributed by atoms with Crippen LogP contribution in [-0.2, 0) is 6.42 Å². The third kappa shape index (κ3) is 4.15. The molecular weight excluding hydrogens is 350 g/mol. The van der Waals surface area contributed by atoms with Gasteiger partial charge in [0.25, 0.3) is 5.91 Å². The number of carbonyl (C=O) groups is 1. The monoisotopic (exact) mass is 369 g/mol. The Morgan fingerprint density at radius 2 is 1.61 bits per heavy atom. The molecular formula is C23H19N3O2. The van der Waals surface area contributed by atoms with Crippen LogP contribution in [0, 0.1) is 0 Å². The van der Waals surface area contributed by atoms with Crippen LogP contribution >= 0.6 is 0 Å². The van der Waals surface area contributed by atoms with Gasteiger partial charge in [0.2, 0.25) is 0 Å². The van der Waals surface area contributed by atoms with Gasteiger partial charge >= 0.3 is 0 Å². The molecule has 138 valence electrons. The summed E-state index contributed by atoms with van der Waals surface area (Å²) >= 11 is 0. The van der Waals surface area contributed by atoms with Crippen molar-refractivity contribution in [1.29, 1.82) is 0 Å². The zero-order valence-electron chi connectivity index (χ0n) is 15.2. The summed E-state index contributed by atoms with van der Waals surface area (Å²) in [7, 11) is 0. The van der Waals surface area contributed by atoms with Crippen molar-refractivity contribution in [2.24, 2.45) is 0 Å². The second-order valence-electron chi connectivity index (χ2n) is 6.44. The molecule has 2 aromatic carbocycles. The minimum atomic E-state index is -0.270. The smallest absolute Gasteiger partial charge is 0.273 e. The van der Waals surface area contributed by atoms with Crippen LogP contribution in [0.2, 0.25) is 0 Å². The van der Waals surface area contributed by atoms with Crippen molar-refractivity contribution in [3.63, 3.8) is 0 Å². The quantitative estimate of drug-likeness (QED) is 0.545. The second kappa shape index (κ2) is 8.31. The molecule has 4 rings (SSSR count). The highest BCUT2D eigenvalue weighted by Gasteiger charge is 2.19. The van der Waals surface area contributed by atoms with E-state index in [1.807, 2.05) is 60.7 Å². The van der Waals surface area contributed by atoms with Crippen LogP contribution < -0.4 is 5.32 Å². The van der Waals surface area contributed by atoms with Gasteiger partial charge in [-0.1, -0.05) is 65.8 Å². The lowest BCUT2D eigenvalue weighted by atomic mass is 9.98. The van der Waals surface area contributed by atoms with Gasteiger partial charge in [0.1, 0.15) is 0 Å². The normalized spacial score (nSPS) is 11.7. The number of aromatic nitrogens is 2. The van der Waals surface area contributed by atoms with E-state index in [-0.39, 0.29) is 17.6 Å². The number of nitrogens with one attached hydrogen (secondary N) is 1. The molecule has 0 aliphatic carbocycles. The van der Waals surface area contributed by atoms with Gasteiger partial charge in [-0.05, 0) is 29.7 Å². The molecule has 1 N–H and O–H groups in total. The fourth-order valence-corrected chi connectivity index (χ4v) is 3.05. The summed E-state index contributed by atoms with van der Waals surface area (Å²) in [6, 6.07) is 25.1. The van der Waals surface area contributed by atoms with Gasteiger partial charge in [-0.2, -0.15) is 0 Å². The molecule has 2 aromatic heterocycles. The first-order chi connectivity index (χ1) is 13.8. The largest absolute Gasteiger partial charge is 0.355 e. The number of rotatable bonds is 6. The van der Waals surface area contributed by atoms with E-state index in [0.29, 0.717) is 12.2 Å². The Hall–Kier alpha value is -3.73. The van der Waals surface area contributed by atoms with E-state index in [4.69, 9.17) is 4.52 Å². The third-order valence-electron chi connectivity index (χ3n) is 4.50. The van der Waals surface area contributed by atoms with E-state index in [1.165, 1.54) is 0 Å².